The molecule has 2 aliphatic rings. The van der Waals surface area contributed by atoms with Crippen molar-refractivity contribution >= 4 is 18.3 Å². The normalized spacial score (nSPS) is 18.2. The quantitative estimate of drug-likeness (QED) is 0.854. The molecule has 1 fully saturated rings. The van der Waals surface area contributed by atoms with Gasteiger partial charge in [0, 0.05) is 30.4 Å². The molecular weight excluding hydrogens is 360 g/mol. The van der Waals surface area contributed by atoms with Gasteiger partial charge >= 0.3 is 0 Å². The lowest BCUT2D eigenvalue weighted by Crippen LogP contribution is -2.42. The number of benzene rings is 1. The lowest BCUT2D eigenvalue weighted by Gasteiger charge is -2.27. The highest BCUT2D eigenvalue weighted by atomic mass is 35.5. The summed E-state index contributed by atoms with van der Waals surface area (Å²) in [5.74, 6) is 0.117. The number of para-hydroxylation sites is 1. The minimum atomic E-state index is 0. The number of amides is 1. The number of fused-ring (bicyclic) bond motifs is 1. The Hall–Kier alpha value is -1.85. The van der Waals surface area contributed by atoms with Gasteiger partial charge in [0.1, 0.15) is 0 Å². The van der Waals surface area contributed by atoms with E-state index in [1.807, 2.05) is 16.8 Å². The molecule has 27 heavy (non-hydrogen) atoms. The van der Waals surface area contributed by atoms with Gasteiger partial charge in [0.05, 0.1) is 5.69 Å². The maximum atomic E-state index is 13.4. The molecule has 6 heteroatoms. The number of aromatic nitrogens is 2. The summed E-state index contributed by atoms with van der Waals surface area (Å²) < 4.78 is 2.03. The number of aryl methyl sites for hydroxylation is 1. The first-order chi connectivity index (χ1) is 12.7. The third-order valence-electron chi connectivity index (χ3n) is 5.68. The van der Waals surface area contributed by atoms with Crippen LogP contribution in [0.25, 0.3) is 5.69 Å². The van der Waals surface area contributed by atoms with E-state index in [4.69, 9.17) is 5.10 Å². The predicted octanol–water partition coefficient (Wildman–Crippen LogP) is 3.31. The van der Waals surface area contributed by atoms with Crippen molar-refractivity contribution in [2.24, 2.45) is 0 Å². The van der Waals surface area contributed by atoms with Crippen molar-refractivity contribution in [3.8, 4) is 5.69 Å². The number of rotatable bonds is 5. The molecule has 2 aromatic rings. The van der Waals surface area contributed by atoms with Crippen LogP contribution in [0.1, 0.15) is 53.5 Å². The maximum Gasteiger partial charge on any atom is 0.274 e. The molecule has 146 valence electrons. The molecule has 1 aromatic heterocycles. The molecule has 1 N–H and O–H groups in total. The summed E-state index contributed by atoms with van der Waals surface area (Å²) in [5.41, 5.74) is 5.36. The van der Waals surface area contributed by atoms with Crippen LogP contribution in [0.5, 0.6) is 0 Å². The summed E-state index contributed by atoms with van der Waals surface area (Å²) in [4.78, 5) is 15.5. The van der Waals surface area contributed by atoms with Gasteiger partial charge in [-0.25, -0.2) is 4.68 Å². The molecule has 1 unspecified atom stereocenters. The third-order valence-corrected chi connectivity index (χ3v) is 5.68. The van der Waals surface area contributed by atoms with Crippen LogP contribution in [0.4, 0.5) is 0 Å². The van der Waals surface area contributed by atoms with E-state index in [9.17, 15) is 4.79 Å². The molecule has 1 aliphatic carbocycles. The Labute approximate surface area is 167 Å². The van der Waals surface area contributed by atoms with Gasteiger partial charge in [-0.2, -0.15) is 5.10 Å². The van der Waals surface area contributed by atoms with E-state index in [-0.39, 0.29) is 18.3 Å². The summed E-state index contributed by atoms with van der Waals surface area (Å²) in [7, 11) is 0. The molecule has 2 heterocycles. The van der Waals surface area contributed by atoms with E-state index in [0.717, 1.165) is 57.4 Å². The minimum absolute atomic E-state index is 0. The fraction of sp³-hybridized carbons (Fsp3) is 0.524. The summed E-state index contributed by atoms with van der Waals surface area (Å²) in [6, 6.07) is 8.58. The second-order valence-electron chi connectivity index (χ2n) is 7.47. The van der Waals surface area contributed by atoms with Gasteiger partial charge in [-0.1, -0.05) is 25.1 Å². The Kier molecular flexibility index (Phi) is 6.22. The average Bonchev–Trinajstić information content (AvgIpc) is 3.37. The number of nitrogens with zero attached hydrogens (tertiary/aromatic N) is 3. The summed E-state index contributed by atoms with van der Waals surface area (Å²) in [6.45, 7) is 6.93. The maximum absolute atomic E-state index is 13.4. The van der Waals surface area contributed by atoms with E-state index in [0.29, 0.717) is 11.7 Å². The molecule has 0 saturated carbocycles. The smallest absolute Gasteiger partial charge is 0.274 e. The standard InChI is InChI=1S/C21H28N4O.ClH/c1-3-13-24(16-11-12-22-14-16)21(26)20-17-8-6-10-19(17)25(23-20)18-9-5-4-7-15(18)2;/h4-5,7,9,16,22H,3,6,8,10-14H2,1-2H3;1H. The largest absolute Gasteiger partial charge is 0.333 e. The Morgan fingerprint density at radius 2 is 2.15 bits per heavy atom. The minimum Gasteiger partial charge on any atom is -0.333 e. The number of hydrogen-bond acceptors (Lipinski definition) is 3. The first-order valence-corrected chi connectivity index (χ1v) is 9.89. The van der Waals surface area contributed by atoms with Gasteiger partial charge in [0.15, 0.2) is 5.69 Å². The third kappa shape index (κ3) is 3.63. The van der Waals surface area contributed by atoms with E-state index in [2.05, 4.69) is 36.2 Å². The van der Waals surface area contributed by atoms with Crippen LogP contribution in [-0.2, 0) is 12.8 Å². The van der Waals surface area contributed by atoms with Gasteiger partial charge in [-0.05, 0) is 57.2 Å². The van der Waals surface area contributed by atoms with Crippen LogP contribution in [0.15, 0.2) is 24.3 Å². The second kappa shape index (κ2) is 8.44. The molecule has 1 aromatic carbocycles. The number of carbonyl (C=O) groups excluding carboxylic acids is 1. The van der Waals surface area contributed by atoms with E-state index in [1.165, 1.54) is 16.8 Å². The first kappa shape index (κ1) is 19.9. The number of carbonyl (C=O) groups is 1. The van der Waals surface area contributed by atoms with Crippen LogP contribution in [0.2, 0.25) is 0 Å². The van der Waals surface area contributed by atoms with Crippen LogP contribution >= 0.6 is 12.4 Å². The fourth-order valence-corrected chi connectivity index (χ4v) is 4.34. The predicted molar refractivity (Wildman–Crippen MR) is 110 cm³/mol. The van der Waals surface area contributed by atoms with E-state index >= 15 is 0 Å². The van der Waals surface area contributed by atoms with Crippen molar-refractivity contribution in [1.82, 2.24) is 20.0 Å². The highest BCUT2D eigenvalue weighted by Gasteiger charge is 2.33. The van der Waals surface area contributed by atoms with Crippen LogP contribution in [0, 0.1) is 6.92 Å². The molecular formula is C21H29ClN4O. The highest BCUT2D eigenvalue weighted by molar-refractivity contribution is 5.94. The molecule has 0 bridgehead atoms. The number of halogens is 1. The van der Waals surface area contributed by atoms with Crippen LogP contribution in [-0.4, -0.2) is 46.3 Å². The van der Waals surface area contributed by atoms with E-state index < -0.39 is 0 Å². The van der Waals surface area contributed by atoms with Crippen molar-refractivity contribution in [2.45, 2.75) is 52.0 Å². The molecule has 1 aliphatic heterocycles. The van der Waals surface area contributed by atoms with Gasteiger partial charge in [0.25, 0.3) is 5.91 Å². The highest BCUT2D eigenvalue weighted by Crippen LogP contribution is 2.30. The molecule has 0 spiro atoms. The SMILES string of the molecule is CCCN(C(=O)c1nn(-c2ccccc2C)c2c1CCC2)C1CCNC1.Cl. The average molecular weight is 389 g/mol. The fourth-order valence-electron chi connectivity index (χ4n) is 4.34. The number of nitrogens with one attached hydrogen (secondary N) is 1. The van der Waals surface area contributed by atoms with E-state index in [1.54, 1.807) is 0 Å². The lowest BCUT2D eigenvalue weighted by molar-refractivity contribution is 0.0684. The Morgan fingerprint density at radius 1 is 1.33 bits per heavy atom. The monoisotopic (exact) mass is 388 g/mol. The Bertz CT molecular complexity index is 811. The summed E-state index contributed by atoms with van der Waals surface area (Å²) in [5, 5.41) is 8.23. The van der Waals surface area contributed by atoms with Gasteiger partial charge in [-0.15, -0.1) is 12.4 Å². The molecule has 1 amide bonds. The van der Waals surface area contributed by atoms with Crippen molar-refractivity contribution in [2.75, 3.05) is 19.6 Å². The summed E-state index contributed by atoms with van der Waals surface area (Å²) >= 11 is 0. The Morgan fingerprint density at radius 3 is 2.85 bits per heavy atom. The summed E-state index contributed by atoms with van der Waals surface area (Å²) in [6.07, 6.45) is 5.08. The van der Waals surface area contributed by atoms with Crippen molar-refractivity contribution in [3.05, 3.63) is 46.8 Å². The van der Waals surface area contributed by atoms with Crippen molar-refractivity contribution < 1.29 is 4.79 Å². The second-order valence-corrected chi connectivity index (χ2v) is 7.47. The zero-order valence-electron chi connectivity index (χ0n) is 16.2. The molecule has 4 rings (SSSR count). The van der Waals surface area contributed by atoms with Gasteiger partial charge < -0.3 is 10.2 Å². The number of hydrogen-bond donors (Lipinski definition) is 1. The van der Waals surface area contributed by atoms with Crippen molar-refractivity contribution in [1.29, 1.82) is 0 Å². The van der Waals surface area contributed by atoms with Gasteiger partial charge in [-0.3, -0.25) is 4.79 Å². The zero-order chi connectivity index (χ0) is 18.1. The lowest BCUT2D eigenvalue weighted by atomic mass is 10.1. The Balaban J connectivity index is 0.00000210. The zero-order valence-corrected chi connectivity index (χ0v) is 17.0. The topological polar surface area (TPSA) is 50.2 Å². The molecule has 1 atom stereocenters. The molecule has 0 radical (unpaired) electrons. The first-order valence-electron chi connectivity index (χ1n) is 9.89. The van der Waals surface area contributed by atoms with Crippen molar-refractivity contribution in [3.63, 3.8) is 0 Å². The van der Waals surface area contributed by atoms with Crippen LogP contribution in [0.3, 0.4) is 0 Å². The van der Waals surface area contributed by atoms with Gasteiger partial charge in [0.2, 0.25) is 0 Å². The molecule has 1 saturated heterocycles. The van der Waals surface area contributed by atoms with Crippen LogP contribution < -0.4 is 5.32 Å². The molecule has 5 nitrogen and oxygen atoms in total.